The zero-order valence-electron chi connectivity index (χ0n) is 17.2. The second kappa shape index (κ2) is 8.60. The monoisotopic (exact) mass is 469 g/mol. The summed E-state index contributed by atoms with van der Waals surface area (Å²) < 4.78 is 38.5. The minimum atomic E-state index is -3.83. The van der Waals surface area contributed by atoms with Gasteiger partial charge >= 0.3 is 11.6 Å². The van der Waals surface area contributed by atoms with E-state index in [0.717, 1.165) is 22.5 Å². The molecule has 0 saturated heterocycles. The summed E-state index contributed by atoms with van der Waals surface area (Å²) in [5.74, 6) is -0.722. The Balaban J connectivity index is 1.60. The van der Waals surface area contributed by atoms with Gasteiger partial charge in [-0.1, -0.05) is 30.3 Å². The Labute approximate surface area is 188 Å². The third-order valence-electron chi connectivity index (χ3n) is 5.03. The number of para-hydroxylation sites is 1. The molecule has 0 aliphatic heterocycles. The lowest BCUT2D eigenvalue weighted by Crippen LogP contribution is -2.16. The van der Waals surface area contributed by atoms with E-state index in [2.05, 4.69) is 4.72 Å². The minimum absolute atomic E-state index is 0.0620. The highest BCUT2D eigenvalue weighted by Crippen LogP contribution is 2.26. The van der Waals surface area contributed by atoms with Crippen LogP contribution >= 0.6 is 11.3 Å². The number of esters is 1. The van der Waals surface area contributed by atoms with Crippen LogP contribution < -0.4 is 10.3 Å². The number of rotatable bonds is 6. The van der Waals surface area contributed by atoms with Crippen LogP contribution in [0.5, 0.6) is 0 Å². The summed E-state index contributed by atoms with van der Waals surface area (Å²) in [6.45, 7) is 3.59. The lowest BCUT2D eigenvalue weighted by Gasteiger charge is -2.12. The average molecular weight is 470 g/mol. The smallest absolute Gasteiger partial charge is 0.340 e. The van der Waals surface area contributed by atoms with Crippen molar-refractivity contribution in [1.82, 2.24) is 0 Å². The first-order valence-electron chi connectivity index (χ1n) is 9.61. The quantitative estimate of drug-likeness (QED) is 0.326. The highest BCUT2D eigenvalue weighted by Gasteiger charge is 2.20. The van der Waals surface area contributed by atoms with Crippen LogP contribution in [-0.2, 0) is 21.4 Å². The van der Waals surface area contributed by atoms with Crippen molar-refractivity contribution in [3.8, 4) is 0 Å². The van der Waals surface area contributed by atoms with Crippen molar-refractivity contribution in [1.29, 1.82) is 0 Å². The van der Waals surface area contributed by atoms with Gasteiger partial charge in [0.25, 0.3) is 10.0 Å². The Morgan fingerprint density at radius 3 is 2.62 bits per heavy atom. The summed E-state index contributed by atoms with van der Waals surface area (Å²) in [5, 5.41) is 2.32. The van der Waals surface area contributed by atoms with E-state index in [-0.39, 0.29) is 22.1 Å². The van der Waals surface area contributed by atoms with Gasteiger partial charge in [0.1, 0.15) is 16.4 Å². The number of nitrogens with one attached hydrogen (secondary N) is 1. The largest absolute Gasteiger partial charge is 0.457 e. The zero-order valence-corrected chi connectivity index (χ0v) is 18.9. The number of thiophene rings is 1. The molecule has 2 heterocycles. The number of hydrogen-bond acceptors (Lipinski definition) is 7. The van der Waals surface area contributed by atoms with Crippen molar-refractivity contribution in [2.45, 2.75) is 24.7 Å². The highest BCUT2D eigenvalue weighted by atomic mass is 32.2. The van der Waals surface area contributed by atoms with Gasteiger partial charge in [0, 0.05) is 17.0 Å². The second-order valence-electron chi connectivity index (χ2n) is 7.13. The Morgan fingerprint density at radius 2 is 1.88 bits per heavy atom. The second-order valence-corrected chi connectivity index (χ2v) is 9.99. The van der Waals surface area contributed by atoms with Crippen LogP contribution in [0.15, 0.2) is 73.4 Å². The van der Waals surface area contributed by atoms with Gasteiger partial charge in [0.15, 0.2) is 0 Å². The first-order valence-corrected chi connectivity index (χ1v) is 12.0. The number of ether oxygens (including phenoxy) is 1. The maximum Gasteiger partial charge on any atom is 0.340 e. The molecule has 32 heavy (non-hydrogen) atoms. The van der Waals surface area contributed by atoms with Crippen molar-refractivity contribution < 1.29 is 22.4 Å². The summed E-state index contributed by atoms with van der Waals surface area (Å²) in [7, 11) is -3.83. The molecule has 0 radical (unpaired) electrons. The van der Waals surface area contributed by atoms with Crippen molar-refractivity contribution in [2.24, 2.45) is 0 Å². The first-order chi connectivity index (χ1) is 15.3. The Hall–Kier alpha value is -3.43. The van der Waals surface area contributed by atoms with Crippen LogP contribution in [0.25, 0.3) is 11.0 Å². The molecule has 1 N–H and O–H groups in total. The van der Waals surface area contributed by atoms with Crippen LogP contribution in [0.3, 0.4) is 0 Å². The Kier molecular flexibility index (Phi) is 5.86. The van der Waals surface area contributed by atoms with Crippen LogP contribution in [0, 0.1) is 13.8 Å². The van der Waals surface area contributed by atoms with Crippen LogP contribution in [0.2, 0.25) is 0 Å². The minimum Gasteiger partial charge on any atom is -0.457 e. The lowest BCUT2D eigenvalue weighted by molar-refractivity contribution is 0.0475. The fourth-order valence-corrected chi connectivity index (χ4v) is 5.30. The van der Waals surface area contributed by atoms with E-state index in [1.165, 1.54) is 24.3 Å². The Morgan fingerprint density at radius 1 is 1.09 bits per heavy atom. The molecule has 0 unspecified atom stereocenters. The van der Waals surface area contributed by atoms with Gasteiger partial charge in [0.2, 0.25) is 0 Å². The van der Waals surface area contributed by atoms with Crippen molar-refractivity contribution in [2.75, 3.05) is 4.72 Å². The molecule has 0 spiro atoms. The average Bonchev–Trinajstić information content (AvgIpc) is 3.31. The SMILES string of the molecule is Cc1ccc2c(COC(=O)c3ccccc3NS(=O)(=O)c3cccs3)cc(=O)oc2c1C. The molecular weight excluding hydrogens is 450 g/mol. The normalized spacial score (nSPS) is 11.4. The molecule has 4 rings (SSSR count). The number of anilines is 1. The van der Waals surface area contributed by atoms with Crippen molar-refractivity contribution >= 4 is 44.0 Å². The van der Waals surface area contributed by atoms with E-state index in [0.29, 0.717) is 16.5 Å². The van der Waals surface area contributed by atoms with E-state index in [1.807, 2.05) is 26.0 Å². The molecule has 0 aliphatic rings. The number of benzene rings is 2. The van der Waals surface area contributed by atoms with E-state index >= 15 is 0 Å². The molecule has 7 nitrogen and oxygen atoms in total. The summed E-state index contributed by atoms with van der Waals surface area (Å²) in [6, 6.07) is 14.3. The molecule has 2 aromatic heterocycles. The molecular formula is C23H19NO6S2. The molecule has 0 amide bonds. The van der Waals surface area contributed by atoms with Gasteiger partial charge < -0.3 is 9.15 Å². The number of carbonyl (C=O) groups excluding carboxylic acids is 1. The van der Waals surface area contributed by atoms with Gasteiger partial charge in [-0.25, -0.2) is 18.0 Å². The van der Waals surface area contributed by atoms with Gasteiger partial charge in [-0.3, -0.25) is 4.72 Å². The van der Waals surface area contributed by atoms with Crippen molar-refractivity contribution in [3.63, 3.8) is 0 Å². The summed E-state index contributed by atoms with van der Waals surface area (Å²) >= 11 is 1.07. The molecule has 9 heteroatoms. The predicted molar refractivity (Wildman–Crippen MR) is 123 cm³/mol. The lowest BCUT2D eigenvalue weighted by atomic mass is 10.0. The number of aryl methyl sites for hydroxylation is 2. The van der Waals surface area contributed by atoms with Gasteiger partial charge in [-0.05, 0) is 48.6 Å². The Bertz CT molecular complexity index is 1470. The molecule has 0 fully saturated rings. The molecule has 4 aromatic rings. The maximum atomic E-state index is 12.8. The zero-order chi connectivity index (χ0) is 22.9. The van der Waals surface area contributed by atoms with Crippen molar-refractivity contribution in [3.05, 3.63) is 92.7 Å². The fraction of sp³-hybridized carbons (Fsp3) is 0.130. The summed E-state index contributed by atoms with van der Waals surface area (Å²) in [6.07, 6.45) is 0. The third-order valence-corrected chi connectivity index (χ3v) is 7.79. The molecule has 0 bridgehead atoms. The molecule has 164 valence electrons. The summed E-state index contributed by atoms with van der Waals surface area (Å²) in [5.41, 5.74) is 2.39. The van der Waals surface area contributed by atoms with Crippen LogP contribution in [0.1, 0.15) is 27.0 Å². The maximum absolute atomic E-state index is 12.8. The molecule has 0 atom stereocenters. The number of hydrogen-bond donors (Lipinski definition) is 1. The van der Waals surface area contributed by atoms with E-state index in [4.69, 9.17) is 9.15 Å². The topological polar surface area (TPSA) is 103 Å². The first kappa shape index (κ1) is 21.8. The predicted octanol–water partition coefficient (Wildman–Crippen LogP) is 4.63. The highest BCUT2D eigenvalue weighted by molar-refractivity contribution is 7.94. The number of fused-ring (bicyclic) bond motifs is 1. The van der Waals surface area contributed by atoms with Crippen LogP contribution in [-0.4, -0.2) is 14.4 Å². The van der Waals surface area contributed by atoms with Gasteiger partial charge in [-0.15, -0.1) is 11.3 Å². The van der Waals surface area contributed by atoms with Gasteiger partial charge in [0.05, 0.1) is 11.3 Å². The van der Waals surface area contributed by atoms with E-state index in [9.17, 15) is 18.0 Å². The number of carbonyl (C=O) groups is 1. The number of sulfonamides is 1. The summed E-state index contributed by atoms with van der Waals surface area (Å²) in [4.78, 5) is 24.8. The van der Waals surface area contributed by atoms with Gasteiger partial charge in [-0.2, -0.15) is 0 Å². The molecule has 2 aromatic carbocycles. The fourth-order valence-electron chi connectivity index (χ4n) is 3.23. The molecule has 0 aliphatic carbocycles. The molecule has 0 saturated carbocycles. The standard InChI is InChI=1S/C23H19NO6S2/c1-14-9-10-17-16(12-20(25)30-22(17)15(14)2)13-29-23(26)18-6-3-4-7-19(18)24-32(27,28)21-8-5-11-31-21/h3-12,24H,13H2,1-2H3. The van der Waals surface area contributed by atoms with E-state index < -0.39 is 21.6 Å². The van der Waals surface area contributed by atoms with E-state index in [1.54, 1.807) is 23.6 Å². The van der Waals surface area contributed by atoms with Crippen LogP contribution in [0.4, 0.5) is 5.69 Å². The third kappa shape index (κ3) is 4.30.